The first kappa shape index (κ1) is 15.1. The summed E-state index contributed by atoms with van der Waals surface area (Å²) in [5.41, 5.74) is 0.217. The molecule has 0 saturated heterocycles. The fraction of sp³-hybridized carbons (Fsp3) is 0.500. The lowest BCUT2D eigenvalue weighted by molar-refractivity contribution is -0.158. The predicted molar refractivity (Wildman–Crippen MR) is 71.5 cm³/mol. The molecule has 1 heterocycles. The Labute approximate surface area is 113 Å². The summed E-state index contributed by atoms with van der Waals surface area (Å²) >= 11 is 0. The molecule has 1 aromatic heterocycles. The largest absolute Gasteiger partial charge is 0.480 e. The van der Waals surface area contributed by atoms with Crippen LogP contribution < -0.4 is 0 Å². The van der Waals surface area contributed by atoms with Crippen molar-refractivity contribution in [3.63, 3.8) is 0 Å². The molecule has 0 unspecified atom stereocenters. The second kappa shape index (κ2) is 5.82. The van der Waals surface area contributed by atoms with Gasteiger partial charge in [-0.3, -0.25) is 14.6 Å². The van der Waals surface area contributed by atoms with Gasteiger partial charge in [0.05, 0.1) is 12.2 Å². The normalized spacial score (nSPS) is 11.2. The van der Waals surface area contributed by atoms with Gasteiger partial charge in [-0.25, -0.2) is 0 Å². The van der Waals surface area contributed by atoms with Gasteiger partial charge in [-0.2, -0.15) is 0 Å². The van der Waals surface area contributed by atoms with Gasteiger partial charge in [0.2, 0.25) is 5.91 Å². The summed E-state index contributed by atoms with van der Waals surface area (Å²) in [6, 6.07) is 5.58. The molecule has 0 saturated carbocycles. The number of nitrogens with zero attached hydrogens (tertiary/aromatic N) is 2. The van der Waals surface area contributed by atoms with Crippen LogP contribution in [0.1, 0.15) is 32.2 Å². The lowest BCUT2D eigenvalue weighted by atomic mass is 9.91. The van der Waals surface area contributed by atoms with Crippen molar-refractivity contribution < 1.29 is 14.7 Å². The number of carbonyl (C=O) groups is 2. The summed E-state index contributed by atoms with van der Waals surface area (Å²) in [6.07, 6.45) is 0. The van der Waals surface area contributed by atoms with Crippen LogP contribution >= 0.6 is 0 Å². The standard InChI is InChI=1S/C14H20N2O3/c1-5-16(12(17)14(3,4)13(18)19)9-11-8-6-7-10(2)15-11/h6-8H,5,9H2,1-4H3,(H,18,19). The zero-order valence-corrected chi connectivity index (χ0v) is 11.8. The van der Waals surface area contributed by atoms with Crippen LogP contribution in [0.3, 0.4) is 0 Å². The van der Waals surface area contributed by atoms with Crippen LogP contribution in [0.5, 0.6) is 0 Å². The molecule has 19 heavy (non-hydrogen) atoms. The molecule has 0 aliphatic rings. The van der Waals surface area contributed by atoms with Crippen LogP contribution in [0.15, 0.2) is 18.2 Å². The average Bonchev–Trinajstić information content (AvgIpc) is 2.35. The number of hydrogen-bond acceptors (Lipinski definition) is 3. The molecule has 104 valence electrons. The van der Waals surface area contributed by atoms with Crippen molar-refractivity contribution in [3.8, 4) is 0 Å². The Morgan fingerprint density at radius 3 is 2.47 bits per heavy atom. The number of rotatable bonds is 5. The molecule has 0 spiro atoms. The molecule has 0 radical (unpaired) electrons. The first-order valence-corrected chi connectivity index (χ1v) is 6.24. The first-order chi connectivity index (χ1) is 8.78. The maximum Gasteiger partial charge on any atom is 0.318 e. The summed E-state index contributed by atoms with van der Waals surface area (Å²) < 4.78 is 0. The van der Waals surface area contributed by atoms with E-state index < -0.39 is 17.3 Å². The molecule has 0 bridgehead atoms. The molecular weight excluding hydrogens is 244 g/mol. The molecule has 0 fully saturated rings. The Morgan fingerprint density at radius 2 is 2.00 bits per heavy atom. The third-order valence-electron chi connectivity index (χ3n) is 3.04. The topological polar surface area (TPSA) is 70.5 Å². The van der Waals surface area contributed by atoms with Crippen molar-refractivity contribution in [2.24, 2.45) is 5.41 Å². The first-order valence-electron chi connectivity index (χ1n) is 6.24. The second-order valence-electron chi connectivity index (χ2n) is 5.02. The van der Waals surface area contributed by atoms with Gasteiger partial charge in [-0.1, -0.05) is 6.07 Å². The molecule has 1 amide bonds. The fourth-order valence-corrected chi connectivity index (χ4v) is 1.70. The molecule has 5 nitrogen and oxygen atoms in total. The number of carbonyl (C=O) groups excluding carboxylic acids is 1. The SMILES string of the molecule is CCN(Cc1cccc(C)n1)C(=O)C(C)(C)C(=O)O. The van der Waals surface area contributed by atoms with Gasteiger partial charge in [-0.05, 0) is 39.8 Å². The van der Waals surface area contributed by atoms with E-state index in [1.165, 1.54) is 18.7 Å². The van der Waals surface area contributed by atoms with Gasteiger partial charge >= 0.3 is 5.97 Å². The molecular formula is C14H20N2O3. The van der Waals surface area contributed by atoms with Crippen molar-refractivity contribution in [2.75, 3.05) is 6.54 Å². The number of pyridine rings is 1. The maximum atomic E-state index is 12.2. The van der Waals surface area contributed by atoms with Crippen LogP contribution in [0.2, 0.25) is 0 Å². The van der Waals surface area contributed by atoms with Gasteiger partial charge in [0, 0.05) is 12.2 Å². The van der Waals surface area contributed by atoms with Crippen LogP contribution in [0, 0.1) is 12.3 Å². The van der Waals surface area contributed by atoms with E-state index >= 15 is 0 Å². The lowest BCUT2D eigenvalue weighted by Gasteiger charge is -2.28. The Morgan fingerprint density at radius 1 is 1.37 bits per heavy atom. The van der Waals surface area contributed by atoms with Gasteiger partial charge in [-0.15, -0.1) is 0 Å². The summed E-state index contributed by atoms with van der Waals surface area (Å²) in [5.74, 6) is -1.51. The Hall–Kier alpha value is -1.91. The zero-order valence-electron chi connectivity index (χ0n) is 11.8. The molecule has 1 aromatic rings. The van der Waals surface area contributed by atoms with E-state index in [-0.39, 0.29) is 0 Å². The van der Waals surface area contributed by atoms with Gasteiger partial charge < -0.3 is 10.0 Å². The van der Waals surface area contributed by atoms with E-state index in [1.807, 2.05) is 32.0 Å². The average molecular weight is 264 g/mol. The zero-order chi connectivity index (χ0) is 14.6. The van der Waals surface area contributed by atoms with Crippen molar-refractivity contribution in [3.05, 3.63) is 29.6 Å². The Kier molecular flexibility index (Phi) is 4.64. The third kappa shape index (κ3) is 3.53. The summed E-state index contributed by atoms with van der Waals surface area (Å²) in [5, 5.41) is 9.10. The summed E-state index contributed by atoms with van der Waals surface area (Å²) in [4.78, 5) is 29.2. The number of aromatic nitrogens is 1. The van der Waals surface area contributed by atoms with E-state index in [9.17, 15) is 9.59 Å². The van der Waals surface area contributed by atoms with Gasteiger partial charge in [0.15, 0.2) is 0 Å². The van der Waals surface area contributed by atoms with E-state index in [0.717, 1.165) is 11.4 Å². The minimum atomic E-state index is -1.42. The molecule has 5 heteroatoms. The number of amides is 1. The van der Waals surface area contributed by atoms with E-state index in [1.54, 1.807) is 0 Å². The molecule has 0 aliphatic carbocycles. The highest BCUT2D eigenvalue weighted by Gasteiger charge is 2.38. The van der Waals surface area contributed by atoms with Crippen molar-refractivity contribution in [1.29, 1.82) is 0 Å². The Balaban J connectivity index is 2.90. The van der Waals surface area contributed by atoms with Crippen molar-refractivity contribution in [2.45, 2.75) is 34.2 Å². The lowest BCUT2D eigenvalue weighted by Crippen LogP contribution is -2.44. The van der Waals surface area contributed by atoms with Gasteiger partial charge in [0.25, 0.3) is 0 Å². The minimum absolute atomic E-state index is 0.327. The molecule has 0 aliphatic heterocycles. The van der Waals surface area contributed by atoms with E-state index in [2.05, 4.69) is 4.98 Å². The Bertz CT molecular complexity index is 483. The van der Waals surface area contributed by atoms with Crippen LogP contribution in [0.25, 0.3) is 0 Å². The highest BCUT2D eigenvalue weighted by Crippen LogP contribution is 2.20. The summed E-state index contributed by atoms with van der Waals surface area (Å²) in [7, 11) is 0. The van der Waals surface area contributed by atoms with Crippen LogP contribution in [0.4, 0.5) is 0 Å². The highest BCUT2D eigenvalue weighted by molar-refractivity contribution is 6.00. The van der Waals surface area contributed by atoms with E-state index in [0.29, 0.717) is 13.1 Å². The number of aryl methyl sites for hydroxylation is 1. The maximum absolute atomic E-state index is 12.2. The highest BCUT2D eigenvalue weighted by atomic mass is 16.4. The minimum Gasteiger partial charge on any atom is -0.480 e. The van der Waals surface area contributed by atoms with Gasteiger partial charge in [0.1, 0.15) is 5.41 Å². The molecule has 0 atom stereocenters. The molecule has 0 aromatic carbocycles. The van der Waals surface area contributed by atoms with Crippen LogP contribution in [-0.4, -0.2) is 33.4 Å². The monoisotopic (exact) mass is 264 g/mol. The van der Waals surface area contributed by atoms with Crippen LogP contribution in [-0.2, 0) is 16.1 Å². The quantitative estimate of drug-likeness (QED) is 0.824. The number of aliphatic carboxylic acids is 1. The molecule has 1 N–H and O–H groups in total. The van der Waals surface area contributed by atoms with Crippen molar-refractivity contribution >= 4 is 11.9 Å². The number of hydrogen-bond donors (Lipinski definition) is 1. The number of carboxylic acids is 1. The fourth-order valence-electron chi connectivity index (χ4n) is 1.70. The molecule has 1 rings (SSSR count). The van der Waals surface area contributed by atoms with E-state index in [4.69, 9.17) is 5.11 Å². The third-order valence-corrected chi connectivity index (χ3v) is 3.04. The second-order valence-corrected chi connectivity index (χ2v) is 5.02. The predicted octanol–water partition coefficient (Wildman–Crippen LogP) is 1.85. The number of carboxylic acid groups (broad SMARTS) is 1. The smallest absolute Gasteiger partial charge is 0.318 e. The van der Waals surface area contributed by atoms with Crippen molar-refractivity contribution in [1.82, 2.24) is 9.88 Å². The summed E-state index contributed by atoms with van der Waals surface area (Å²) in [6.45, 7) is 7.32.